The van der Waals surface area contributed by atoms with Crippen LogP contribution in [0.2, 0.25) is 0 Å². The molecule has 1 aliphatic heterocycles. The number of carbonyl (C=O) groups excluding carboxylic acids is 2. The smallest absolute Gasteiger partial charge is 0.255 e. The second-order valence-corrected chi connectivity index (χ2v) is 7.16. The number of methoxy groups -OCH3 is 2. The average Bonchev–Trinajstić information content (AvgIpc) is 2.72. The molecule has 6 nitrogen and oxygen atoms in total. The van der Waals surface area contributed by atoms with Gasteiger partial charge in [0.1, 0.15) is 17.3 Å². The molecule has 0 aromatic heterocycles. The van der Waals surface area contributed by atoms with Crippen LogP contribution in [0.5, 0.6) is 11.5 Å². The maximum atomic E-state index is 13.2. The maximum Gasteiger partial charge on any atom is 0.255 e. The van der Waals surface area contributed by atoms with Crippen LogP contribution in [-0.2, 0) is 0 Å². The summed E-state index contributed by atoms with van der Waals surface area (Å²) in [5.74, 6) is 0.331. The van der Waals surface area contributed by atoms with Crippen LogP contribution < -0.4 is 9.47 Å². The number of carbonyl (C=O) groups is 2. The molecule has 0 atom stereocenters. The van der Waals surface area contributed by atoms with Gasteiger partial charge >= 0.3 is 0 Å². The Balaban J connectivity index is 1.68. The van der Waals surface area contributed by atoms with Crippen molar-refractivity contribution in [1.29, 1.82) is 0 Å². The number of amides is 2. The van der Waals surface area contributed by atoms with Gasteiger partial charge in [0.05, 0.1) is 19.8 Å². The minimum atomic E-state index is -0.410. The molecule has 0 bridgehead atoms. The Morgan fingerprint density at radius 2 is 1.43 bits per heavy atom. The van der Waals surface area contributed by atoms with E-state index in [1.807, 2.05) is 0 Å². The summed E-state index contributed by atoms with van der Waals surface area (Å²) in [6.45, 7) is 1.61. The first-order valence-corrected chi connectivity index (χ1v) is 9.49. The molecule has 0 N–H and O–H groups in total. The Bertz CT molecular complexity index is 876. The van der Waals surface area contributed by atoms with E-state index >= 15 is 0 Å². The molecule has 1 fully saturated rings. The third-order valence-corrected chi connectivity index (χ3v) is 5.27. The number of hydrogen-bond donors (Lipinski definition) is 0. The lowest BCUT2D eigenvalue weighted by Gasteiger charge is -2.35. The number of hydrogen-bond acceptors (Lipinski definition) is 4. The van der Waals surface area contributed by atoms with E-state index in [-0.39, 0.29) is 11.8 Å². The molecular formula is C20H20BrFN2O4. The van der Waals surface area contributed by atoms with Crippen molar-refractivity contribution >= 4 is 27.7 Å². The van der Waals surface area contributed by atoms with Crippen molar-refractivity contribution in [1.82, 2.24) is 9.80 Å². The largest absolute Gasteiger partial charge is 0.497 e. The third-order valence-electron chi connectivity index (χ3n) is 4.61. The predicted molar refractivity (Wildman–Crippen MR) is 105 cm³/mol. The minimum absolute atomic E-state index is 0.146. The monoisotopic (exact) mass is 450 g/mol. The summed E-state index contributed by atoms with van der Waals surface area (Å²) in [7, 11) is 3.06. The number of halogens is 2. The van der Waals surface area contributed by atoms with E-state index in [0.29, 0.717) is 53.3 Å². The summed E-state index contributed by atoms with van der Waals surface area (Å²) in [5.41, 5.74) is 0.871. The van der Waals surface area contributed by atoms with E-state index < -0.39 is 5.82 Å². The van der Waals surface area contributed by atoms with E-state index in [4.69, 9.17) is 9.47 Å². The molecule has 1 heterocycles. The van der Waals surface area contributed by atoms with Gasteiger partial charge in [0, 0.05) is 42.3 Å². The van der Waals surface area contributed by atoms with Gasteiger partial charge in [-0.15, -0.1) is 0 Å². The van der Waals surface area contributed by atoms with Gasteiger partial charge in [-0.1, -0.05) is 0 Å². The fraction of sp³-hybridized carbons (Fsp3) is 0.300. The van der Waals surface area contributed by atoms with Crippen LogP contribution in [-0.4, -0.2) is 62.0 Å². The fourth-order valence-electron chi connectivity index (χ4n) is 3.06. The third kappa shape index (κ3) is 4.27. The Labute approximate surface area is 171 Å². The minimum Gasteiger partial charge on any atom is -0.497 e. The second-order valence-electron chi connectivity index (χ2n) is 6.31. The fourth-order valence-corrected chi connectivity index (χ4v) is 3.58. The standard InChI is InChI=1S/C20H20BrFN2O4/c1-27-15-9-13(10-16(12-15)28-2)19(25)23-5-7-24(8-6-23)20(26)17-4-3-14(22)11-18(17)21/h3-4,9-12H,5-8H2,1-2H3. The summed E-state index contributed by atoms with van der Waals surface area (Å²) < 4.78 is 24.1. The number of ether oxygens (including phenoxy) is 2. The van der Waals surface area contributed by atoms with Crippen molar-refractivity contribution in [2.45, 2.75) is 0 Å². The topological polar surface area (TPSA) is 59.1 Å². The molecule has 148 valence electrons. The Hall–Kier alpha value is -2.61. The van der Waals surface area contributed by atoms with Gasteiger partial charge in [0.2, 0.25) is 0 Å². The Morgan fingerprint density at radius 1 is 0.893 bits per heavy atom. The van der Waals surface area contributed by atoms with Crippen molar-refractivity contribution in [2.75, 3.05) is 40.4 Å². The Kier molecular flexibility index (Phi) is 6.18. The van der Waals surface area contributed by atoms with Crippen LogP contribution in [0, 0.1) is 5.82 Å². The van der Waals surface area contributed by atoms with Crippen molar-refractivity contribution in [3.63, 3.8) is 0 Å². The van der Waals surface area contributed by atoms with Crippen LogP contribution in [0.1, 0.15) is 20.7 Å². The first-order valence-electron chi connectivity index (χ1n) is 8.69. The van der Waals surface area contributed by atoms with Gasteiger partial charge < -0.3 is 19.3 Å². The molecule has 28 heavy (non-hydrogen) atoms. The van der Waals surface area contributed by atoms with Crippen LogP contribution in [0.3, 0.4) is 0 Å². The highest BCUT2D eigenvalue weighted by molar-refractivity contribution is 9.10. The first-order chi connectivity index (χ1) is 13.4. The molecule has 3 rings (SSSR count). The quantitative estimate of drug-likeness (QED) is 0.717. The zero-order chi connectivity index (χ0) is 20.3. The van der Waals surface area contributed by atoms with Gasteiger partial charge in [-0.2, -0.15) is 0 Å². The van der Waals surface area contributed by atoms with Gasteiger partial charge in [0.15, 0.2) is 0 Å². The van der Waals surface area contributed by atoms with Crippen LogP contribution in [0.4, 0.5) is 4.39 Å². The molecule has 2 aromatic carbocycles. The van der Waals surface area contributed by atoms with E-state index in [1.165, 1.54) is 32.4 Å². The van der Waals surface area contributed by atoms with Crippen molar-refractivity contribution in [3.8, 4) is 11.5 Å². The molecule has 0 radical (unpaired) electrons. The lowest BCUT2D eigenvalue weighted by molar-refractivity contribution is 0.0534. The predicted octanol–water partition coefficient (Wildman–Crippen LogP) is 3.20. The molecule has 0 aliphatic carbocycles. The van der Waals surface area contributed by atoms with Crippen LogP contribution in [0.25, 0.3) is 0 Å². The van der Waals surface area contributed by atoms with E-state index in [1.54, 1.807) is 28.0 Å². The van der Waals surface area contributed by atoms with Crippen LogP contribution in [0.15, 0.2) is 40.9 Å². The number of piperazine rings is 1. The summed E-state index contributed by atoms with van der Waals surface area (Å²) in [5, 5.41) is 0. The summed E-state index contributed by atoms with van der Waals surface area (Å²) in [6, 6.07) is 9.02. The van der Waals surface area contributed by atoms with Crippen molar-refractivity contribution in [2.24, 2.45) is 0 Å². The van der Waals surface area contributed by atoms with Crippen molar-refractivity contribution < 1.29 is 23.5 Å². The number of benzene rings is 2. The average molecular weight is 451 g/mol. The highest BCUT2D eigenvalue weighted by Gasteiger charge is 2.27. The second kappa shape index (κ2) is 8.60. The van der Waals surface area contributed by atoms with Crippen LogP contribution >= 0.6 is 15.9 Å². The van der Waals surface area contributed by atoms with E-state index in [2.05, 4.69) is 15.9 Å². The molecular weight excluding hydrogens is 431 g/mol. The molecule has 0 spiro atoms. The number of rotatable bonds is 4. The zero-order valence-electron chi connectivity index (χ0n) is 15.6. The molecule has 8 heteroatoms. The SMILES string of the molecule is COc1cc(OC)cc(C(=O)N2CCN(C(=O)c3ccc(F)cc3Br)CC2)c1. The zero-order valence-corrected chi connectivity index (χ0v) is 17.2. The normalized spacial score (nSPS) is 14.0. The first kappa shape index (κ1) is 20.1. The highest BCUT2D eigenvalue weighted by Crippen LogP contribution is 2.24. The molecule has 1 aliphatic rings. The van der Waals surface area contributed by atoms with E-state index in [9.17, 15) is 14.0 Å². The van der Waals surface area contributed by atoms with E-state index in [0.717, 1.165) is 0 Å². The number of nitrogens with zero attached hydrogens (tertiary/aromatic N) is 2. The molecule has 1 saturated heterocycles. The lowest BCUT2D eigenvalue weighted by atomic mass is 10.1. The van der Waals surface area contributed by atoms with Crippen molar-refractivity contribution in [3.05, 3.63) is 57.8 Å². The highest BCUT2D eigenvalue weighted by atomic mass is 79.9. The molecule has 2 amide bonds. The molecule has 2 aromatic rings. The maximum absolute atomic E-state index is 13.2. The summed E-state index contributed by atoms with van der Waals surface area (Å²) in [4.78, 5) is 28.9. The Morgan fingerprint density at radius 3 is 1.93 bits per heavy atom. The molecule has 0 unspecified atom stereocenters. The lowest BCUT2D eigenvalue weighted by Crippen LogP contribution is -2.50. The van der Waals surface area contributed by atoms with Gasteiger partial charge in [0.25, 0.3) is 11.8 Å². The van der Waals surface area contributed by atoms with Gasteiger partial charge in [-0.3, -0.25) is 9.59 Å². The summed E-state index contributed by atoms with van der Waals surface area (Å²) in [6.07, 6.45) is 0. The van der Waals surface area contributed by atoms with Gasteiger partial charge in [-0.05, 0) is 46.3 Å². The van der Waals surface area contributed by atoms with Gasteiger partial charge in [-0.25, -0.2) is 4.39 Å². The molecule has 0 saturated carbocycles. The summed E-state index contributed by atoms with van der Waals surface area (Å²) >= 11 is 3.23.